The van der Waals surface area contributed by atoms with Crippen molar-refractivity contribution in [1.29, 1.82) is 0 Å². The van der Waals surface area contributed by atoms with E-state index in [1.807, 2.05) is 26.0 Å². The van der Waals surface area contributed by atoms with E-state index < -0.39 is 12.2 Å². The first-order valence-corrected chi connectivity index (χ1v) is 13.3. The minimum atomic E-state index is -1.09. The monoisotopic (exact) mass is 559 g/mol. The summed E-state index contributed by atoms with van der Waals surface area (Å²) >= 11 is 1.43. The Kier molecular flexibility index (Phi) is 6.56. The number of aliphatic hydroxyl groups excluding tert-OH is 1. The Morgan fingerprint density at radius 3 is 2.77 bits per heavy atom. The quantitative estimate of drug-likeness (QED) is 0.300. The lowest BCUT2D eigenvalue weighted by Crippen LogP contribution is -2.43. The number of aromatic nitrogens is 4. The predicted molar refractivity (Wildman–Crippen MR) is 150 cm³/mol. The van der Waals surface area contributed by atoms with Gasteiger partial charge in [0.1, 0.15) is 16.3 Å². The number of aryl methyl sites for hydroxylation is 2. The zero-order chi connectivity index (χ0) is 28.0. The van der Waals surface area contributed by atoms with Crippen molar-refractivity contribution in [3.63, 3.8) is 0 Å². The Bertz CT molecular complexity index is 1770. The fourth-order valence-corrected chi connectivity index (χ4v) is 5.87. The number of amides is 1. The Labute approximate surface area is 232 Å². The minimum absolute atomic E-state index is 0.0886. The molecular formula is C28H25N5O6S. The summed E-state index contributed by atoms with van der Waals surface area (Å²) in [7, 11) is 1.53. The molecule has 5 aromatic rings. The summed E-state index contributed by atoms with van der Waals surface area (Å²) in [4.78, 5) is 31.4. The summed E-state index contributed by atoms with van der Waals surface area (Å²) in [5, 5.41) is 20.4. The van der Waals surface area contributed by atoms with Crippen LogP contribution in [-0.2, 0) is 6.61 Å². The molecule has 6 rings (SSSR count). The van der Waals surface area contributed by atoms with Crippen molar-refractivity contribution in [3.05, 3.63) is 59.5 Å². The predicted octanol–water partition coefficient (Wildman–Crippen LogP) is 4.74. The van der Waals surface area contributed by atoms with Crippen molar-refractivity contribution in [3.8, 4) is 28.0 Å². The van der Waals surface area contributed by atoms with Gasteiger partial charge < -0.3 is 24.4 Å². The summed E-state index contributed by atoms with van der Waals surface area (Å²) in [6.07, 6.45) is 1.53. The molecule has 40 heavy (non-hydrogen) atoms. The van der Waals surface area contributed by atoms with Crippen LogP contribution in [0.2, 0.25) is 0 Å². The van der Waals surface area contributed by atoms with Crippen LogP contribution in [0, 0.1) is 13.8 Å². The summed E-state index contributed by atoms with van der Waals surface area (Å²) in [6, 6.07) is 8.87. The molecule has 0 spiro atoms. The number of hydrogen-bond donors (Lipinski definition) is 2. The average molecular weight is 560 g/mol. The smallest absolute Gasteiger partial charge is 0.411 e. The van der Waals surface area contributed by atoms with E-state index in [2.05, 4.69) is 15.0 Å². The number of methoxy groups -OCH3 is 1. The molecule has 2 N–H and O–H groups in total. The lowest BCUT2D eigenvalue weighted by molar-refractivity contribution is 0.0961. The summed E-state index contributed by atoms with van der Waals surface area (Å²) in [5.41, 5.74) is 5.54. The van der Waals surface area contributed by atoms with Crippen LogP contribution in [0.1, 0.15) is 16.8 Å². The van der Waals surface area contributed by atoms with Gasteiger partial charge in [-0.1, -0.05) is 0 Å². The van der Waals surface area contributed by atoms with Crippen LogP contribution in [0.25, 0.3) is 31.8 Å². The van der Waals surface area contributed by atoms with Crippen LogP contribution >= 0.6 is 11.3 Å². The number of hydrogen-bond acceptors (Lipinski definition) is 10. The number of nitrogens with zero attached hydrogens (tertiary/aromatic N) is 5. The summed E-state index contributed by atoms with van der Waals surface area (Å²) in [6.45, 7) is 3.84. The molecule has 0 radical (unpaired) electrons. The third kappa shape index (κ3) is 4.61. The third-order valence-corrected chi connectivity index (χ3v) is 7.69. The van der Waals surface area contributed by atoms with Gasteiger partial charge in [-0.05, 0) is 55.3 Å². The Balaban J connectivity index is 1.36. The lowest BCUT2D eigenvalue weighted by atomic mass is 10.1. The van der Waals surface area contributed by atoms with E-state index >= 15 is 0 Å². The molecular weight excluding hydrogens is 534 g/mol. The van der Waals surface area contributed by atoms with Crippen LogP contribution in [0.5, 0.6) is 17.4 Å². The summed E-state index contributed by atoms with van der Waals surface area (Å²) < 4.78 is 18.5. The highest BCUT2D eigenvalue weighted by Gasteiger charge is 2.30. The van der Waals surface area contributed by atoms with Crippen LogP contribution in [0.3, 0.4) is 0 Å². The van der Waals surface area contributed by atoms with Gasteiger partial charge in [0.05, 0.1) is 48.7 Å². The maximum atomic E-state index is 12.0. The van der Waals surface area contributed by atoms with Crippen LogP contribution in [-0.4, -0.2) is 62.6 Å². The van der Waals surface area contributed by atoms with Crippen LogP contribution < -0.4 is 19.1 Å². The van der Waals surface area contributed by atoms with Gasteiger partial charge in [-0.15, -0.1) is 11.3 Å². The Hall–Kier alpha value is -4.55. The molecule has 4 heterocycles. The Morgan fingerprint density at radius 2 is 2.02 bits per heavy atom. The maximum absolute atomic E-state index is 12.0. The molecule has 204 valence electrons. The molecule has 1 amide bonds. The number of pyridine rings is 1. The second kappa shape index (κ2) is 10.2. The number of anilines is 1. The Morgan fingerprint density at radius 1 is 1.18 bits per heavy atom. The zero-order valence-electron chi connectivity index (χ0n) is 21.9. The molecule has 1 aliphatic heterocycles. The number of thiazole rings is 1. The highest BCUT2D eigenvalue weighted by Crippen LogP contribution is 2.46. The van der Waals surface area contributed by atoms with Crippen molar-refractivity contribution in [2.45, 2.75) is 26.6 Å². The molecule has 0 saturated carbocycles. The van der Waals surface area contributed by atoms with Gasteiger partial charge in [0.15, 0.2) is 17.6 Å². The van der Waals surface area contributed by atoms with E-state index in [9.17, 15) is 15.0 Å². The molecule has 3 aromatic heterocycles. The van der Waals surface area contributed by atoms with E-state index in [0.717, 1.165) is 27.0 Å². The standard InChI is InChI=1S/C28H25N5O6S/c1-14-6-21-25(38-13-18(39-21)11-33(28(35)36)17-4-5-29-15(2)7-17)26-23(14)32-27(40-26)19-8-16(12-34)9-20-24(19)30-10-22(31-20)37-3/h4-10,18,34H,11-13H2,1-3H3,(H,35,36)/t18-/m1/s1. The summed E-state index contributed by atoms with van der Waals surface area (Å²) in [5.74, 6) is 1.48. The first kappa shape index (κ1) is 25.7. The van der Waals surface area contributed by atoms with Gasteiger partial charge in [0.2, 0.25) is 5.88 Å². The number of aliphatic hydroxyl groups is 1. The molecule has 1 aliphatic rings. The first-order valence-electron chi connectivity index (χ1n) is 12.5. The van der Waals surface area contributed by atoms with E-state index in [1.165, 1.54) is 23.3 Å². The highest BCUT2D eigenvalue weighted by molar-refractivity contribution is 7.22. The molecule has 0 saturated heterocycles. The normalized spacial score (nSPS) is 14.4. The molecule has 0 aliphatic carbocycles. The SMILES string of the molecule is COc1cnc2c(-c3nc4c(C)cc5c(c4s3)OC[C@@H](CN(C(=O)O)c3ccnc(C)c3)O5)cc(CO)cc2n1. The maximum Gasteiger partial charge on any atom is 0.411 e. The number of carbonyl (C=O) groups is 1. The van der Waals surface area contributed by atoms with E-state index in [1.54, 1.807) is 30.6 Å². The van der Waals surface area contributed by atoms with Crippen molar-refractivity contribution in [2.75, 3.05) is 25.2 Å². The zero-order valence-corrected chi connectivity index (χ0v) is 22.7. The number of benzene rings is 2. The van der Waals surface area contributed by atoms with Gasteiger partial charge in [0, 0.05) is 17.5 Å². The van der Waals surface area contributed by atoms with Crippen molar-refractivity contribution in [1.82, 2.24) is 19.9 Å². The van der Waals surface area contributed by atoms with Gasteiger partial charge in [-0.2, -0.15) is 0 Å². The molecule has 0 unspecified atom stereocenters. The van der Waals surface area contributed by atoms with Crippen LogP contribution in [0.15, 0.2) is 42.7 Å². The molecule has 11 nitrogen and oxygen atoms in total. The molecule has 12 heteroatoms. The second-order valence-corrected chi connectivity index (χ2v) is 10.4. The third-order valence-electron chi connectivity index (χ3n) is 6.60. The fraction of sp³-hybridized carbons (Fsp3) is 0.250. The van der Waals surface area contributed by atoms with Gasteiger partial charge in [-0.3, -0.25) is 9.88 Å². The van der Waals surface area contributed by atoms with Gasteiger partial charge in [-0.25, -0.2) is 19.7 Å². The first-order chi connectivity index (χ1) is 19.3. The van der Waals surface area contributed by atoms with E-state index in [0.29, 0.717) is 44.7 Å². The minimum Gasteiger partial charge on any atom is -0.484 e. The molecule has 1 atom stereocenters. The van der Waals surface area contributed by atoms with E-state index in [4.69, 9.17) is 19.2 Å². The number of ether oxygens (including phenoxy) is 3. The van der Waals surface area contributed by atoms with Crippen molar-refractivity contribution < 1.29 is 29.2 Å². The topological polar surface area (TPSA) is 140 Å². The van der Waals surface area contributed by atoms with Gasteiger partial charge in [0.25, 0.3) is 0 Å². The fourth-order valence-electron chi connectivity index (χ4n) is 4.72. The van der Waals surface area contributed by atoms with Crippen LogP contribution in [0.4, 0.5) is 10.5 Å². The number of rotatable bonds is 6. The molecule has 0 bridgehead atoms. The number of fused-ring (bicyclic) bond motifs is 4. The highest BCUT2D eigenvalue weighted by atomic mass is 32.1. The van der Waals surface area contributed by atoms with Crippen molar-refractivity contribution in [2.24, 2.45) is 0 Å². The molecule has 2 aromatic carbocycles. The lowest BCUT2D eigenvalue weighted by Gasteiger charge is -2.30. The van der Waals surface area contributed by atoms with Gasteiger partial charge >= 0.3 is 6.09 Å². The largest absolute Gasteiger partial charge is 0.484 e. The second-order valence-electron chi connectivity index (χ2n) is 9.40. The average Bonchev–Trinajstić information content (AvgIpc) is 3.41. The van der Waals surface area contributed by atoms with E-state index in [-0.39, 0.29) is 19.8 Å². The number of carboxylic acid groups (broad SMARTS) is 1. The molecule has 0 fully saturated rings. The van der Waals surface area contributed by atoms with Crippen molar-refractivity contribution >= 4 is 44.4 Å².